The minimum Gasteiger partial charge on any atom is -0.444 e. The lowest BCUT2D eigenvalue weighted by Gasteiger charge is -2.51. The van der Waals surface area contributed by atoms with E-state index >= 15 is 0 Å². The number of hydrogen-bond donors (Lipinski definition) is 3. The number of carbonyl (C=O) groups is 3. The predicted octanol–water partition coefficient (Wildman–Crippen LogP) is 4.99. The monoisotopic (exact) mass is 799 g/mol. The van der Waals surface area contributed by atoms with Crippen LogP contribution in [0.5, 0.6) is 0 Å². The van der Waals surface area contributed by atoms with Crippen LogP contribution in [0.3, 0.4) is 0 Å². The Morgan fingerprint density at radius 3 is 1.91 bits per heavy atom. The Morgan fingerprint density at radius 1 is 0.793 bits per heavy atom. The van der Waals surface area contributed by atoms with Gasteiger partial charge in [0.15, 0.2) is 0 Å². The standard InChI is InChI=1S/C22H25ClN4O3.C22H21N5O/c1-21(2,3)30-20(29)27-10-22(11-27)8-15-17(19(28)25-22)13-6-5-12-9-24-16(23)7-14(12)18(13)26(15)4;1-27-18-9-22(11-24-12-22)26-21(28)19(18)15-3-2-14-10-25-17(8-16(14)20(15)27)13-4-6-23-7-5-13/h7,9H,5-6,8,10-11H2,1-4H3,(H,25,28);4-8,10,24H,2-3,9,11-12H2,1H3,(H,26,28). The van der Waals surface area contributed by atoms with Crippen molar-refractivity contribution in [2.45, 2.75) is 76.0 Å². The summed E-state index contributed by atoms with van der Waals surface area (Å²) in [6, 6.07) is 8.03. The van der Waals surface area contributed by atoms with Gasteiger partial charge in [0.05, 0.1) is 39.3 Å². The smallest absolute Gasteiger partial charge is 0.410 e. The van der Waals surface area contributed by atoms with Crippen molar-refractivity contribution in [3.63, 3.8) is 0 Å². The highest BCUT2D eigenvalue weighted by molar-refractivity contribution is 6.29. The number of aryl methyl sites for hydroxylation is 2. The van der Waals surface area contributed by atoms with Gasteiger partial charge in [-0.1, -0.05) is 11.6 Å². The highest BCUT2D eigenvalue weighted by atomic mass is 35.5. The van der Waals surface area contributed by atoms with Crippen LogP contribution in [0.4, 0.5) is 4.79 Å². The number of hydrogen-bond acceptors (Lipinski definition) is 8. The molecule has 58 heavy (non-hydrogen) atoms. The number of rotatable bonds is 1. The quantitative estimate of drug-likeness (QED) is 0.201. The zero-order chi connectivity index (χ0) is 40.3. The first-order chi connectivity index (χ1) is 27.7. The Balaban J connectivity index is 0.000000141. The summed E-state index contributed by atoms with van der Waals surface area (Å²) in [7, 11) is 4.12. The number of amides is 3. The van der Waals surface area contributed by atoms with E-state index in [4.69, 9.17) is 16.3 Å². The van der Waals surface area contributed by atoms with Crippen LogP contribution in [0, 0.1) is 0 Å². The third-order valence-corrected chi connectivity index (χ3v) is 12.9. The summed E-state index contributed by atoms with van der Waals surface area (Å²) >= 11 is 6.17. The second kappa shape index (κ2) is 13.0. The molecule has 6 aliphatic rings. The molecule has 2 saturated heterocycles. The topological polar surface area (TPSA) is 148 Å². The molecule has 2 aliphatic carbocycles. The van der Waals surface area contributed by atoms with Crippen molar-refractivity contribution in [2.24, 2.45) is 14.1 Å². The molecule has 5 aromatic rings. The Kier molecular flexibility index (Phi) is 8.24. The van der Waals surface area contributed by atoms with Gasteiger partial charge in [0.1, 0.15) is 10.8 Å². The van der Waals surface area contributed by atoms with Crippen molar-refractivity contribution >= 4 is 29.5 Å². The SMILES string of the molecule is Cn1c2c(c3c1-c1cc(-c4ccncc4)ncc1CC3)C(=O)NC1(CNC1)C2.Cn1c2c(c3c1-c1cc(Cl)ncc1CC3)C(=O)NC1(C2)CN(C(=O)OC(C)(C)C)C1. The zero-order valence-electron chi connectivity index (χ0n) is 33.4. The molecule has 14 heteroatoms. The average molecular weight is 800 g/mol. The van der Waals surface area contributed by atoms with E-state index in [-0.39, 0.29) is 23.4 Å². The van der Waals surface area contributed by atoms with Crippen molar-refractivity contribution in [2.75, 3.05) is 26.2 Å². The van der Waals surface area contributed by atoms with Gasteiger partial charge < -0.3 is 34.7 Å². The number of fused-ring (bicyclic) bond motifs is 10. The van der Waals surface area contributed by atoms with Crippen molar-refractivity contribution in [3.05, 3.63) is 99.0 Å². The van der Waals surface area contributed by atoms with E-state index in [1.165, 1.54) is 28.1 Å². The van der Waals surface area contributed by atoms with Crippen LogP contribution in [0.25, 0.3) is 33.8 Å². The van der Waals surface area contributed by atoms with E-state index in [2.05, 4.69) is 53.2 Å². The normalized spacial score (nSPS) is 18.8. The number of carbonyl (C=O) groups excluding carboxylic acids is 3. The molecule has 298 valence electrons. The highest BCUT2D eigenvalue weighted by Gasteiger charge is 2.52. The minimum absolute atomic E-state index is 0.0551. The van der Waals surface area contributed by atoms with Gasteiger partial charge in [-0.15, -0.1) is 0 Å². The number of nitrogens with zero attached hydrogens (tertiary/aromatic N) is 6. The Morgan fingerprint density at radius 2 is 1.34 bits per heavy atom. The van der Waals surface area contributed by atoms with Gasteiger partial charge in [-0.3, -0.25) is 19.6 Å². The van der Waals surface area contributed by atoms with Crippen molar-refractivity contribution < 1.29 is 19.1 Å². The summed E-state index contributed by atoms with van der Waals surface area (Å²) < 4.78 is 9.86. The van der Waals surface area contributed by atoms with Crippen molar-refractivity contribution in [1.29, 1.82) is 0 Å². The van der Waals surface area contributed by atoms with Crippen LogP contribution in [0.15, 0.2) is 49.1 Å². The Bertz CT molecular complexity index is 2580. The lowest BCUT2D eigenvalue weighted by molar-refractivity contribution is -0.0170. The van der Waals surface area contributed by atoms with Gasteiger partial charge in [-0.05, 0) is 93.0 Å². The molecule has 0 unspecified atom stereocenters. The van der Waals surface area contributed by atoms with Crippen molar-refractivity contribution in [3.8, 4) is 33.8 Å². The number of halogens is 1. The predicted molar refractivity (Wildman–Crippen MR) is 219 cm³/mol. The van der Waals surface area contributed by atoms with Gasteiger partial charge in [-0.2, -0.15) is 0 Å². The second-order valence-electron chi connectivity index (χ2n) is 17.8. The van der Waals surface area contributed by atoms with E-state index in [1.807, 2.05) is 58.4 Å². The molecule has 0 bridgehead atoms. The summed E-state index contributed by atoms with van der Waals surface area (Å²) in [5, 5.41) is 10.2. The molecular formula is C44H46ClN9O4. The van der Waals surface area contributed by atoms with E-state index in [9.17, 15) is 14.4 Å². The number of pyridine rings is 3. The van der Waals surface area contributed by atoms with Gasteiger partial charge in [-0.25, -0.2) is 9.78 Å². The molecule has 0 saturated carbocycles. The molecule has 0 aromatic carbocycles. The lowest BCUT2D eigenvalue weighted by Crippen LogP contribution is -2.74. The number of ether oxygens (including phenoxy) is 1. The van der Waals surface area contributed by atoms with Crippen LogP contribution in [0.2, 0.25) is 5.15 Å². The van der Waals surface area contributed by atoms with Gasteiger partial charge in [0.2, 0.25) is 0 Å². The molecule has 3 N–H and O–H groups in total. The van der Waals surface area contributed by atoms with Crippen LogP contribution in [-0.4, -0.2) is 89.8 Å². The number of nitrogens with one attached hydrogen (secondary N) is 3. The fourth-order valence-corrected chi connectivity index (χ4v) is 10.2. The number of aromatic nitrogens is 5. The molecule has 5 aromatic heterocycles. The summed E-state index contributed by atoms with van der Waals surface area (Å²) in [6.07, 6.45) is 12.1. The third-order valence-electron chi connectivity index (χ3n) is 12.7. The fourth-order valence-electron chi connectivity index (χ4n) is 10.0. The van der Waals surface area contributed by atoms with Crippen molar-refractivity contribution in [1.82, 2.24) is 44.9 Å². The van der Waals surface area contributed by atoms with E-state index in [0.29, 0.717) is 24.7 Å². The van der Waals surface area contributed by atoms with Crippen LogP contribution < -0.4 is 16.0 Å². The molecule has 4 aliphatic heterocycles. The zero-order valence-corrected chi connectivity index (χ0v) is 34.1. The lowest BCUT2D eigenvalue weighted by atomic mass is 9.80. The van der Waals surface area contributed by atoms with E-state index in [1.54, 1.807) is 17.3 Å². The third kappa shape index (κ3) is 5.84. The summed E-state index contributed by atoms with van der Waals surface area (Å²) in [5.41, 5.74) is 14.0. The van der Waals surface area contributed by atoms with Crippen LogP contribution >= 0.6 is 11.6 Å². The summed E-state index contributed by atoms with van der Waals surface area (Å²) in [6.45, 7) is 8.15. The highest BCUT2D eigenvalue weighted by Crippen LogP contribution is 2.44. The molecule has 2 fully saturated rings. The number of likely N-dealkylation sites (tertiary alicyclic amines) is 1. The maximum absolute atomic E-state index is 13.2. The first kappa shape index (κ1) is 36.8. The molecule has 2 spiro atoms. The maximum atomic E-state index is 13.2. The van der Waals surface area contributed by atoms with Gasteiger partial charge >= 0.3 is 6.09 Å². The molecule has 3 amide bonds. The minimum atomic E-state index is -0.538. The molecule has 13 nitrogen and oxygen atoms in total. The van der Waals surface area contributed by atoms with Crippen LogP contribution in [-0.2, 0) is 57.4 Å². The molecular weight excluding hydrogens is 754 g/mol. The molecule has 11 rings (SSSR count). The molecule has 9 heterocycles. The fraction of sp³-hybridized carbons (Fsp3) is 0.409. The Labute approximate surface area is 341 Å². The maximum Gasteiger partial charge on any atom is 0.410 e. The first-order valence-electron chi connectivity index (χ1n) is 20.0. The molecule has 0 atom stereocenters. The largest absolute Gasteiger partial charge is 0.444 e. The summed E-state index contributed by atoms with van der Waals surface area (Å²) in [5.74, 6) is 0.0343. The average Bonchev–Trinajstić information content (AvgIpc) is 3.63. The van der Waals surface area contributed by atoms with Gasteiger partial charge in [0, 0.05) is 106 Å². The molecule has 0 radical (unpaired) electrons. The van der Waals surface area contributed by atoms with Crippen LogP contribution in [0.1, 0.15) is 75.1 Å². The van der Waals surface area contributed by atoms with E-state index in [0.717, 1.165) is 95.7 Å². The first-order valence-corrected chi connectivity index (χ1v) is 20.4. The van der Waals surface area contributed by atoms with E-state index < -0.39 is 11.1 Å². The second-order valence-corrected chi connectivity index (χ2v) is 18.2. The van der Waals surface area contributed by atoms with Gasteiger partial charge in [0.25, 0.3) is 11.8 Å². The Hall–Kier alpha value is -5.53. The summed E-state index contributed by atoms with van der Waals surface area (Å²) in [4.78, 5) is 53.2.